The highest BCUT2D eigenvalue weighted by atomic mass is 16.5. The fourth-order valence-corrected chi connectivity index (χ4v) is 4.29. The molecular weight excluding hydrogens is 430 g/mol. The first kappa shape index (κ1) is 23.2. The van der Waals surface area contributed by atoms with Crippen LogP contribution in [0.15, 0.2) is 84.7 Å². The van der Waals surface area contributed by atoms with Gasteiger partial charge in [0.15, 0.2) is 5.78 Å². The van der Waals surface area contributed by atoms with Crippen molar-refractivity contribution in [3.05, 3.63) is 95.8 Å². The van der Waals surface area contributed by atoms with Crippen LogP contribution in [0.25, 0.3) is 10.9 Å². The van der Waals surface area contributed by atoms with Gasteiger partial charge in [-0.05, 0) is 42.7 Å². The number of nitrogens with one attached hydrogen (secondary N) is 2. The summed E-state index contributed by atoms with van der Waals surface area (Å²) in [7, 11) is 1.29. The molecule has 4 N–H and O–H groups in total. The largest absolute Gasteiger partial charge is 0.469 e. The van der Waals surface area contributed by atoms with Gasteiger partial charge in [0.2, 0.25) is 0 Å². The highest BCUT2D eigenvalue weighted by molar-refractivity contribution is 5.97. The minimum atomic E-state index is -1.14. The second-order valence-corrected chi connectivity index (χ2v) is 8.46. The summed E-state index contributed by atoms with van der Waals surface area (Å²) in [6.45, 7) is 0. The number of ether oxygens (including phenoxy) is 1. The molecule has 0 spiro atoms. The van der Waals surface area contributed by atoms with Crippen molar-refractivity contribution in [2.75, 3.05) is 7.11 Å². The summed E-state index contributed by atoms with van der Waals surface area (Å²) in [6.07, 6.45) is 7.37. The third-order valence-corrected chi connectivity index (χ3v) is 6.19. The van der Waals surface area contributed by atoms with Crippen LogP contribution in [0.1, 0.15) is 28.8 Å². The Kier molecular flexibility index (Phi) is 6.75. The van der Waals surface area contributed by atoms with Gasteiger partial charge in [0, 0.05) is 28.4 Å². The number of hydrogen-bond donors (Lipinski definition) is 3. The molecule has 3 aromatic rings. The number of allylic oxidation sites excluding steroid dienone is 3. The lowest BCUT2D eigenvalue weighted by Crippen LogP contribution is -2.45. The molecule has 0 radical (unpaired) electrons. The van der Waals surface area contributed by atoms with E-state index in [-0.39, 0.29) is 24.5 Å². The molecule has 4 rings (SSSR count). The number of carbonyl (C=O) groups is 3. The Morgan fingerprint density at radius 1 is 1.12 bits per heavy atom. The second kappa shape index (κ2) is 9.89. The third-order valence-electron chi connectivity index (χ3n) is 6.19. The van der Waals surface area contributed by atoms with Crippen LogP contribution >= 0.6 is 0 Å². The number of carbonyl (C=O) groups excluding carboxylic acids is 3. The van der Waals surface area contributed by atoms with E-state index in [0.717, 1.165) is 16.5 Å². The van der Waals surface area contributed by atoms with Crippen molar-refractivity contribution in [3.63, 3.8) is 0 Å². The average Bonchev–Trinajstić information content (AvgIpc) is 3.28. The predicted octanol–water partition coefficient (Wildman–Crippen LogP) is 3.43. The van der Waals surface area contributed by atoms with E-state index in [2.05, 4.69) is 10.3 Å². The molecule has 2 atom stereocenters. The number of nitrogens with two attached hydrogens (primary N) is 1. The van der Waals surface area contributed by atoms with Gasteiger partial charge in [0.05, 0.1) is 25.0 Å². The lowest BCUT2D eigenvalue weighted by Gasteiger charge is -2.32. The lowest BCUT2D eigenvalue weighted by molar-refractivity contribution is -0.146. The number of methoxy groups -OCH3 is 1. The first-order chi connectivity index (χ1) is 16.4. The number of benzene rings is 2. The Hall–Kier alpha value is -3.97. The van der Waals surface area contributed by atoms with Gasteiger partial charge in [-0.15, -0.1) is 0 Å². The summed E-state index contributed by atoms with van der Waals surface area (Å²) >= 11 is 0. The highest BCUT2D eigenvalue weighted by Gasteiger charge is 2.41. The van der Waals surface area contributed by atoms with Crippen LogP contribution in [0.5, 0.6) is 0 Å². The molecule has 1 aliphatic rings. The normalized spacial score (nSPS) is 18.2. The van der Waals surface area contributed by atoms with Gasteiger partial charge in [-0.25, -0.2) is 0 Å². The van der Waals surface area contributed by atoms with Crippen molar-refractivity contribution in [3.8, 4) is 0 Å². The molecule has 7 nitrogen and oxygen atoms in total. The Morgan fingerprint density at radius 3 is 2.56 bits per heavy atom. The maximum atomic E-state index is 13.6. The minimum Gasteiger partial charge on any atom is -0.469 e. The van der Waals surface area contributed by atoms with Crippen LogP contribution in [0.2, 0.25) is 0 Å². The van der Waals surface area contributed by atoms with Crippen LogP contribution in [-0.4, -0.2) is 35.8 Å². The van der Waals surface area contributed by atoms with E-state index >= 15 is 0 Å². The van der Waals surface area contributed by atoms with Crippen LogP contribution < -0.4 is 11.1 Å². The van der Waals surface area contributed by atoms with E-state index in [1.54, 1.807) is 42.5 Å². The summed E-state index contributed by atoms with van der Waals surface area (Å²) in [5.41, 5.74) is 8.25. The maximum absolute atomic E-state index is 13.6. The van der Waals surface area contributed by atoms with Crippen molar-refractivity contribution in [2.45, 2.75) is 25.3 Å². The lowest BCUT2D eigenvalue weighted by atomic mass is 9.71. The van der Waals surface area contributed by atoms with Crippen LogP contribution in [0.4, 0.5) is 0 Å². The van der Waals surface area contributed by atoms with Crippen molar-refractivity contribution in [2.24, 2.45) is 11.1 Å². The molecular formula is C27H27N3O4. The summed E-state index contributed by atoms with van der Waals surface area (Å²) in [5, 5.41) is 3.85. The fourth-order valence-electron chi connectivity index (χ4n) is 4.29. The van der Waals surface area contributed by atoms with Gasteiger partial charge >= 0.3 is 5.97 Å². The van der Waals surface area contributed by atoms with Crippen LogP contribution in [-0.2, 0) is 20.7 Å². The van der Waals surface area contributed by atoms with E-state index in [0.29, 0.717) is 17.7 Å². The number of aromatic amines is 1. The number of amides is 1. The van der Waals surface area contributed by atoms with E-state index in [9.17, 15) is 14.4 Å². The zero-order chi connectivity index (χ0) is 24.1. The standard InChI is InChI=1S/C27H27N3O4/c1-34-24(31)16-27(13-11-20(12-14-27)30-26(33)18-7-3-2-4-8-18)25(32)22(28)15-19-17-29-23-10-6-5-9-21(19)23/h2-13,17,22,29H,14-16,28H2,1H3,(H,30,33)/t22-,27?/m0/s1. The highest BCUT2D eigenvalue weighted by Crippen LogP contribution is 2.36. The topological polar surface area (TPSA) is 114 Å². The maximum Gasteiger partial charge on any atom is 0.306 e. The predicted molar refractivity (Wildman–Crippen MR) is 130 cm³/mol. The summed E-state index contributed by atoms with van der Waals surface area (Å²) in [6, 6.07) is 15.8. The molecule has 0 saturated heterocycles. The molecule has 34 heavy (non-hydrogen) atoms. The van der Waals surface area contributed by atoms with Crippen molar-refractivity contribution < 1.29 is 19.1 Å². The molecule has 0 aliphatic heterocycles. The van der Waals surface area contributed by atoms with Gasteiger partial charge in [-0.3, -0.25) is 14.4 Å². The molecule has 1 aromatic heterocycles. The number of rotatable bonds is 8. The second-order valence-electron chi connectivity index (χ2n) is 8.46. The first-order valence-electron chi connectivity index (χ1n) is 11.1. The molecule has 2 aromatic carbocycles. The number of aromatic nitrogens is 1. The number of esters is 1. The third kappa shape index (κ3) is 4.84. The summed E-state index contributed by atoms with van der Waals surface area (Å²) in [4.78, 5) is 41.4. The number of Topliss-reactive ketones (excluding diaryl/α,β-unsaturated/α-hetero) is 1. The molecule has 1 heterocycles. The Morgan fingerprint density at radius 2 is 1.85 bits per heavy atom. The number of ketones is 1. The Bertz CT molecular complexity index is 1280. The van der Waals surface area contributed by atoms with Crippen molar-refractivity contribution in [1.29, 1.82) is 0 Å². The SMILES string of the molecule is COC(=O)CC1(C(=O)[C@@H](N)Cc2c[nH]c3ccccc23)C=CC(NC(=O)c2ccccc2)=CC1. The van der Waals surface area contributed by atoms with Crippen LogP contribution in [0.3, 0.4) is 0 Å². The average molecular weight is 458 g/mol. The van der Waals surface area contributed by atoms with E-state index < -0.39 is 17.4 Å². The molecule has 0 fully saturated rings. The van der Waals surface area contributed by atoms with E-state index in [1.807, 2.05) is 36.5 Å². The van der Waals surface area contributed by atoms with Crippen LogP contribution in [0, 0.1) is 5.41 Å². The fraction of sp³-hybridized carbons (Fsp3) is 0.222. The van der Waals surface area contributed by atoms with Gasteiger partial charge in [-0.1, -0.05) is 48.6 Å². The molecule has 1 unspecified atom stereocenters. The van der Waals surface area contributed by atoms with Gasteiger partial charge in [0.1, 0.15) is 0 Å². The van der Waals surface area contributed by atoms with Gasteiger partial charge < -0.3 is 20.8 Å². The number of fused-ring (bicyclic) bond motifs is 1. The van der Waals surface area contributed by atoms with E-state index in [4.69, 9.17) is 10.5 Å². The van der Waals surface area contributed by atoms with Crippen molar-refractivity contribution >= 4 is 28.6 Å². The summed E-state index contributed by atoms with van der Waals surface area (Å²) < 4.78 is 4.86. The Balaban J connectivity index is 1.52. The quantitative estimate of drug-likeness (QED) is 0.449. The van der Waals surface area contributed by atoms with Gasteiger partial charge in [-0.2, -0.15) is 0 Å². The zero-order valence-corrected chi connectivity index (χ0v) is 18.9. The molecule has 1 amide bonds. The summed E-state index contributed by atoms with van der Waals surface area (Å²) in [5.74, 6) is -0.995. The molecule has 0 bridgehead atoms. The first-order valence-corrected chi connectivity index (χ1v) is 11.1. The van der Waals surface area contributed by atoms with Crippen molar-refractivity contribution in [1.82, 2.24) is 10.3 Å². The van der Waals surface area contributed by atoms with E-state index in [1.165, 1.54) is 7.11 Å². The number of para-hydroxylation sites is 1. The monoisotopic (exact) mass is 457 g/mol. The molecule has 7 heteroatoms. The smallest absolute Gasteiger partial charge is 0.306 e. The number of H-pyrrole nitrogens is 1. The zero-order valence-electron chi connectivity index (χ0n) is 18.9. The molecule has 1 aliphatic carbocycles. The van der Waals surface area contributed by atoms with Gasteiger partial charge in [0.25, 0.3) is 5.91 Å². The molecule has 0 saturated carbocycles. The minimum absolute atomic E-state index is 0.128. The Labute approximate surface area is 197 Å². The molecule has 174 valence electrons. The number of hydrogen-bond acceptors (Lipinski definition) is 5.